The van der Waals surface area contributed by atoms with Gasteiger partial charge < -0.3 is 20.7 Å². The highest BCUT2D eigenvalue weighted by Crippen LogP contribution is 2.30. The van der Waals surface area contributed by atoms with Crippen LogP contribution in [0.1, 0.15) is 47.4 Å². The van der Waals surface area contributed by atoms with Gasteiger partial charge in [0, 0.05) is 19.3 Å². The lowest BCUT2D eigenvalue weighted by Gasteiger charge is -2.14. The predicted molar refractivity (Wildman–Crippen MR) is 115 cm³/mol. The van der Waals surface area contributed by atoms with Crippen molar-refractivity contribution in [3.8, 4) is 5.88 Å². The average Bonchev–Trinajstić information content (AvgIpc) is 3.41. The Balaban J connectivity index is 1.47. The average molecular weight is 436 g/mol. The van der Waals surface area contributed by atoms with Gasteiger partial charge in [0.15, 0.2) is 0 Å². The van der Waals surface area contributed by atoms with Crippen molar-refractivity contribution in [1.29, 1.82) is 0 Å². The second-order valence-corrected chi connectivity index (χ2v) is 8.16. The van der Waals surface area contributed by atoms with E-state index >= 15 is 0 Å². The van der Waals surface area contributed by atoms with Crippen LogP contribution >= 0.6 is 11.5 Å². The molecule has 2 aromatic heterocycles. The SMILES string of the molecule is Cc1cc(COc2nsc(NC(=O)NCCCCN3CCCC3)c2C(N)=O)nn1C. The highest BCUT2D eigenvalue weighted by Gasteiger charge is 2.22. The third kappa shape index (κ3) is 5.92. The van der Waals surface area contributed by atoms with Gasteiger partial charge in [0.2, 0.25) is 5.88 Å². The van der Waals surface area contributed by atoms with Gasteiger partial charge in [0.25, 0.3) is 5.91 Å². The Labute approximate surface area is 179 Å². The van der Waals surface area contributed by atoms with E-state index < -0.39 is 11.9 Å². The molecule has 0 saturated carbocycles. The van der Waals surface area contributed by atoms with E-state index in [4.69, 9.17) is 10.5 Å². The van der Waals surface area contributed by atoms with E-state index in [0.29, 0.717) is 12.2 Å². The van der Waals surface area contributed by atoms with E-state index in [2.05, 4.69) is 25.0 Å². The quantitative estimate of drug-likeness (QED) is 0.489. The lowest BCUT2D eigenvalue weighted by Crippen LogP contribution is -2.30. The Morgan fingerprint density at radius 2 is 2.07 bits per heavy atom. The molecule has 11 heteroatoms. The Bertz CT molecular complexity index is 854. The van der Waals surface area contributed by atoms with Crippen LogP contribution in [0.5, 0.6) is 5.88 Å². The van der Waals surface area contributed by atoms with Gasteiger partial charge in [-0.1, -0.05) is 0 Å². The van der Waals surface area contributed by atoms with Crippen LogP contribution in [-0.4, -0.2) is 57.2 Å². The number of carbonyl (C=O) groups is 2. The summed E-state index contributed by atoms with van der Waals surface area (Å²) in [6.07, 6.45) is 4.50. The number of unbranched alkanes of at least 4 members (excludes halogenated alkanes) is 1. The van der Waals surface area contributed by atoms with Crippen molar-refractivity contribution in [1.82, 2.24) is 24.4 Å². The number of aromatic nitrogens is 3. The molecular weight excluding hydrogens is 406 g/mol. The molecule has 30 heavy (non-hydrogen) atoms. The van der Waals surface area contributed by atoms with E-state index in [1.807, 2.05) is 20.0 Å². The minimum atomic E-state index is -0.711. The molecule has 0 unspecified atom stereocenters. The first-order valence-corrected chi connectivity index (χ1v) is 10.9. The van der Waals surface area contributed by atoms with Crippen molar-refractivity contribution >= 4 is 28.5 Å². The molecule has 1 fully saturated rings. The number of nitrogens with zero attached hydrogens (tertiary/aromatic N) is 4. The number of hydrogen-bond donors (Lipinski definition) is 3. The molecule has 3 heterocycles. The second kappa shape index (κ2) is 10.4. The van der Waals surface area contributed by atoms with Gasteiger partial charge in [-0.25, -0.2) is 4.79 Å². The zero-order chi connectivity index (χ0) is 21.5. The monoisotopic (exact) mass is 435 g/mol. The van der Waals surface area contributed by atoms with Crippen LogP contribution in [0, 0.1) is 6.92 Å². The van der Waals surface area contributed by atoms with Gasteiger partial charge >= 0.3 is 6.03 Å². The van der Waals surface area contributed by atoms with Gasteiger partial charge in [-0.05, 0) is 69.8 Å². The summed E-state index contributed by atoms with van der Waals surface area (Å²) >= 11 is 0.957. The topological polar surface area (TPSA) is 127 Å². The van der Waals surface area contributed by atoms with Gasteiger partial charge in [-0.15, -0.1) is 0 Å². The minimum Gasteiger partial charge on any atom is -0.470 e. The van der Waals surface area contributed by atoms with Crippen LogP contribution in [0.2, 0.25) is 0 Å². The molecule has 3 rings (SSSR count). The van der Waals surface area contributed by atoms with Crippen molar-refractivity contribution in [2.75, 3.05) is 31.5 Å². The van der Waals surface area contributed by atoms with Crippen molar-refractivity contribution in [2.24, 2.45) is 12.8 Å². The number of anilines is 1. The third-order valence-electron chi connectivity index (χ3n) is 5.04. The zero-order valence-corrected chi connectivity index (χ0v) is 18.3. The number of urea groups is 1. The Hall–Kier alpha value is -2.66. The summed E-state index contributed by atoms with van der Waals surface area (Å²) in [6.45, 7) is 6.07. The van der Waals surface area contributed by atoms with Crippen LogP contribution in [0.4, 0.5) is 9.80 Å². The maximum atomic E-state index is 12.2. The van der Waals surface area contributed by atoms with Crippen molar-refractivity contribution in [2.45, 2.75) is 39.2 Å². The molecule has 0 radical (unpaired) electrons. The molecule has 2 aromatic rings. The predicted octanol–water partition coefficient (Wildman–Crippen LogP) is 1.86. The lowest BCUT2D eigenvalue weighted by molar-refractivity contribution is 0.0996. The summed E-state index contributed by atoms with van der Waals surface area (Å²) < 4.78 is 11.5. The number of hydrogen-bond acceptors (Lipinski definition) is 7. The first-order chi connectivity index (χ1) is 14.4. The summed E-state index contributed by atoms with van der Waals surface area (Å²) in [6, 6.07) is 1.49. The van der Waals surface area contributed by atoms with Crippen molar-refractivity contribution in [3.63, 3.8) is 0 Å². The molecule has 0 aromatic carbocycles. The number of ether oxygens (including phenoxy) is 1. The van der Waals surface area contributed by atoms with Crippen LogP contribution in [-0.2, 0) is 13.7 Å². The van der Waals surface area contributed by atoms with Gasteiger partial charge in [0.05, 0.1) is 0 Å². The summed E-state index contributed by atoms with van der Waals surface area (Å²) in [5, 5.41) is 10.0. The number of likely N-dealkylation sites (tertiary alicyclic amines) is 1. The highest BCUT2D eigenvalue weighted by atomic mass is 32.1. The van der Waals surface area contributed by atoms with Gasteiger partial charge in [-0.2, -0.15) is 9.47 Å². The number of nitrogens with two attached hydrogens (primary N) is 1. The number of primary amides is 1. The van der Waals surface area contributed by atoms with E-state index in [0.717, 1.165) is 36.6 Å². The standard InChI is InChI=1S/C19H29N7O3S/c1-13-11-14(23-25(13)2)12-29-17-15(16(20)27)18(30-24-17)22-19(28)21-7-3-4-8-26-9-5-6-10-26/h11H,3-10,12H2,1-2H3,(H2,20,27)(H2,21,22,28). The molecular formula is C19H29N7O3S. The molecule has 10 nitrogen and oxygen atoms in total. The number of aryl methyl sites for hydroxylation is 2. The van der Waals surface area contributed by atoms with Crippen LogP contribution in [0.15, 0.2) is 6.07 Å². The van der Waals surface area contributed by atoms with Crippen LogP contribution < -0.4 is 21.1 Å². The molecule has 1 aliphatic rings. The first-order valence-electron chi connectivity index (χ1n) is 10.1. The maximum absolute atomic E-state index is 12.2. The fourth-order valence-electron chi connectivity index (χ4n) is 3.34. The Morgan fingerprint density at radius 3 is 2.73 bits per heavy atom. The van der Waals surface area contributed by atoms with Gasteiger partial charge in [0.1, 0.15) is 22.9 Å². The van der Waals surface area contributed by atoms with Crippen molar-refractivity contribution in [3.05, 3.63) is 23.0 Å². The molecule has 1 saturated heterocycles. The molecule has 0 bridgehead atoms. The molecule has 0 spiro atoms. The van der Waals surface area contributed by atoms with Gasteiger partial charge in [-0.3, -0.25) is 14.8 Å². The van der Waals surface area contributed by atoms with Crippen LogP contribution in [0.25, 0.3) is 0 Å². The third-order valence-corrected chi connectivity index (χ3v) is 5.79. The minimum absolute atomic E-state index is 0.0665. The smallest absolute Gasteiger partial charge is 0.319 e. The normalized spacial score (nSPS) is 14.1. The Morgan fingerprint density at radius 1 is 1.30 bits per heavy atom. The summed E-state index contributed by atoms with van der Waals surface area (Å²) in [5.41, 5.74) is 7.25. The Kier molecular flexibility index (Phi) is 7.63. The number of amides is 3. The fourth-order valence-corrected chi connectivity index (χ4v) is 4.08. The second-order valence-electron chi connectivity index (χ2n) is 7.38. The van der Waals surface area contributed by atoms with E-state index in [-0.39, 0.29) is 23.1 Å². The maximum Gasteiger partial charge on any atom is 0.319 e. The molecule has 3 amide bonds. The molecule has 164 valence electrons. The first kappa shape index (κ1) is 22.0. The highest BCUT2D eigenvalue weighted by molar-refractivity contribution is 7.11. The zero-order valence-electron chi connectivity index (χ0n) is 17.4. The number of rotatable bonds is 10. The van der Waals surface area contributed by atoms with E-state index in [9.17, 15) is 9.59 Å². The molecule has 0 atom stereocenters. The van der Waals surface area contributed by atoms with Crippen LogP contribution in [0.3, 0.4) is 0 Å². The molecule has 1 aliphatic heterocycles. The van der Waals surface area contributed by atoms with Crippen molar-refractivity contribution < 1.29 is 14.3 Å². The van der Waals surface area contributed by atoms with E-state index in [1.54, 1.807) is 4.68 Å². The molecule has 0 aliphatic carbocycles. The summed E-state index contributed by atoms with van der Waals surface area (Å²) in [7, 11) is 1.84. The summed E-state index contributed by atoms with van der Waals surface area (Å²) in [5.74, 6) is -0.617. The number of nitrogens with one attached hydrogen (secondary N) is 2. The fraction of sp³-hybridized carbons (Fsp3) is 0.579. The van der Waals surface area contributed by atoms with E-state index in [1.165, 1.54) is 25.9 Å². The lowest BCUT2D eigenvalue weighted by atomic mass is 10.3. The largest absolute Gasteiger partial charge is 0.470 e. The number of carbonyl (C=O) groups excluding carboxylic acids is 2. The summed E-state index contributed by atoms with van der Waals surface area (Å²) in [4.78, 5) is 26.5. The molecule has 4 N–H and O–H groups in total.